The number of rotatable bonds is 5. The minimum Gasteiger partial charge on any atom is -0.316 e. The number of likely N-dealkylation sites (N-methyl/N-ethyl adjacent to an activating group) is 1. The van der Waals surface area contributed by atoms with Crippen LogP contribution in [0.5, 0.6) is 0 Å². The van der Waals surface area contributed by atoms with E-state index in [9.17, 15) is 8.42 Å². The zero-order valence-corrected chi connectivity index (χ0v) is 10.8. The molecule has 1 rings (SSSR count). The van der Waals surface area contributed by atoms with Crippen LogP contribution in [0.4, 0.5) is 0 Å². The summed E-state index contributed by atoms with van der Waals surface area (Å²) in [4.78, 5) is 0.235. The Morgan fingerprint density at radius 2 is 2.19 bits per heavy atom. The third-order valence-electron chi connectivity index (χ3n) is 2.55. The van der Waals surface area contributed by atoms with Gasteiger partial charge in [0.1, 0.15) is 4.90 Å². The lowest BCUT2D eigenvalue weighted by atomic mass is 10.4. The molecule has 0 saturated carbocycles. The van der Waals surface area contributed by atoms with E-state index in [1.54, 1.807) is 21.0 Å². The van der Waals surface area contributed by atoms with E-state index in [1.807, 2.05) is 6.92 Å². The summed E-state index contributed by atoms with van der Waals surface area (Å²) in [5.41, 5.74) is 0.629. The molecule has 0 aliphatic heterocycles. The van der Waals surface area contributed by atoms with Gasteiger partial charge in [-0.3, -0.25) is 4.68 Å². The van der Waals surface area contributed by atoms with Gasteiger partial charge in [0.05, 0.1) is 11.9 Å². The molecule has 16 heavy (non-hydrogen) atoms. The highest BCUT2D eigenvalue weighted by molar-refractivity contribution is 7.89. The molecular weight excluding hydrogens is 228 g/mol. The van der Waals surface area contributed by atoms with E-state index in [4.69, 9.17) is 0 Å². The Balaban J connectivity index is 2.83. The van der Waals surface area contributed by atoms with Crippen LogP contribution in [0.1, 0.15) is 12.6 Å². The number of aryl methyl sites for hydroxylation is 1. The lowest BCUT2D eigenvalue weighted by Crippen LogP contribution is -2.37. The van der Waals surface area contributed by atoms with Crippen LogP contribution in [0, 0.1) is 6.92 Å². The number of aromatic nitrogens is 2. The van der Waals surface area contributed by atoms with Gasteiger partial charge in [0.2, 0.25) is 10.0 Å². The zero-order valence-electron chi connectivity index (χ0n) is 9.98. The third kappa shape index (κ3) is 2.81. The van der Waals surface area contributed by atoms with Gasteiger partial charge in [-0.2, -0.15) is 5.10 Å². The van der Waals surface area contributed by atoms with Gasteiger partial charge in [0.15, 0.2) is 0 Å². The molecule has 1 unspecified atom stereocenters. The number of nitrogens with one attached hydrogen (secondary N) is 2. The van der Waals surface area contributed by atoms with Crippen LogP contribution in [0.3, 0.4) is 0 Å². The molecule has 7 heteroatoms. The van der Waals surface area contributed by atoms with Crippen LogP contribution in [0.15, 0.2) is 11.1 Å². The summed E-state index contributed by atoms with van der Waals surface area (Å²) in [5, 5.41) is 6.87. The first kappa shape index (κ1) is 13.1. The predicted molar refractivity (Wildman–Crippen MR) is 61.7 cm³/mol. The lowest BCUT2D eigenvalue weighted by molar-refractivity contribution is 0.553. The summed E-state index contributed by atoms with van der Waals surface area (Å²) >= 11 is 0. The molecule has 0 fully saturated rings. The normalized spacial score (nSPS) is 14.0. The molecule has 0 aliphatic carbocycles. The van der Waals surface area contributed by atoms with Crippen molar-refractivity contribution in [1.82, 2.24) is 19.8 Å². The highest BCUT2D eigenvalue weighted by Gasteiger charge is 2.19. The molecule has 92 valence electrons. The topological polar surface area (TPSA) is 76.0 Å². The first-order valence-corrected chi connectivity index (χ1v) is 6.52. The fraction of sp³-hybridized carbons (Fsp3) is 0.667. The van der Waals surface area contributed by atoms with E-state index in [2.05, 4.69) is 15.1 Å². The van der Waals surface area contributed by atoms with E-state index < -0.39 is 10.0 Å². The van der Waals surface area contributed by atoms with E-state index in [0.29, 0.717) is 12.2 Å². The Kier molecular flexibility index (Phi) is 4.06. The van der Waals surface area contributed by atoms with Gasteiger partial charge in [-0.25, -0.2) is 13.1 Å². The SMILES string of the molecule is CNC(C)CNS(=O)(=O)c1cnn(C)c1C. The van der Waals surface area contributed by atoms with Gasteiger partial charge in [0.25, 0.3) is 0 Å². The summed E-state index contributed by atoms with van der Waals surface area (Å²) in [7, 11) is 0.0503. The van der Waals surface area contributed by atoms with Crippen molar-refractivity contribution in [2.75, 3.05) is 13.6 Å². The van der Waals surface area contributed by atoms with Crippen molar-refractivity contribution in [3.8, 4) is 0 Å². The van der Waals surface area contributed by atoms with Gasteiger partial charge in [-0.05, 0) is 20.9 Å². The second kappa shape index (κ2) is 4.94. The summed E-state index contributed by atoms with van der Waals surface area (Å²) in [6.07, 6.45) is 1.36. The molecule has 1 heterocycles. The van der Waals surface area contributed by atoms with E-state index >= 15 is 0 Å². The second-order valence-corrected chi connectivity index (χ2v) is 5.49. The van der Waals surface area contributed by atoms with Gasteiger partial charge in [-0.1, -0.05) is 0 Å². The minimum atomic E-state index is -3.45. The van der Waals surface area contributed by atoms with E-state index in [1.165, 1.54) is 10.9 Å². The first-order chi connectivity index (χ1) is 7.38. The minimum absolute atomic E-state index is 0.0896. The molecule has 0 aromatic carbocycles. The molecule has 0 radical (unpaired) electrons. The molecule has 0 amide bonds. The predicted octanol–water partition coefficient (Wildman–Crippen LogP) is -0.385. The van der Waals surface area contributed by atoms with Gasteiger partial charge < -0.3 is 5.32 Å². The monoisotopic (exact) mass is 246 g/mol. The fourth-order valence-corrected chi connectivity index (χ4v) is 2.49. The van der Waals surface area contributed by atoms with Crippen molar-refractivity contribution in [3.63, 3.8) is 0 Å². The summed E-state index contributed by atoms with van der Waals surface area (Å²) < 4.78 is 27.9. The molecule has 0 spiro atoms. The van der Waals surface area contributed by atoms with Crippen molar-refractivity contribution >= 4 is 10.0 Å². The Labute approximate surface area is 96.1 Å². The first-order valence-electron chi connectivity index (χ1n) is 5.04. The number of sulfonamides is 1. The molecule has 1 aromatic heterocycles. The second-order valence-electron chi connectivity index (χ2n) is 3.76. The van der Waals surface area contributed by atoms with Crippen LogP contribution in [-0.4, -0.2) is 37.8 Å². The zero-order chi connectivity index (χ0) is 12.3. The Morgan fingerprint density at radius 3 is 2.62 bits per heavy atom. The lowest BCUT2D eigenvalue weighted by Gasteiger charge is -2.11. The van der Waals surface area contributed by atoms with Crippen molar-refractivity contribution in [2.24, 2.45) is 7.05 Å². The fourth-order valence-electron chi connectivity index (χ4n) is 1.16. The van der Waals surface area contributed by atoms with Crippen LogP contribution in [0.25, 0.3) is 0 Å². The number of nitrogens with zero attached hydrogens (tertiary/aromatic N) is 2. The van der Waals surface area contributed by atoms with Gasteiger partial charge in [0, 0.05) is 19.6 Å². The maximum atomic E-state index is 11.9. The maximum Gasteiger partial charge on any atom is 0.244 e. The van der Waals surface area contributed by atoms with Crippen LogP contribution >= 0.6 is 0 Å². The molecule has 1 atom stereocenters. The van der Waals surface area contributed by atoms with Crippen molar-refractivity contribution in [2.45, 2.75) is 24.8 Å². The standard InChI is InChI=1S/C9H18N4O2S/c1-7(10-3)5-12-16(14,15)9-6-11-13(4)8(9)2/h6-7,10,12H,5H2,1-4H3. The van der Waals surface area contributed by atoms with Gasteiger partial charge in [-0.15, -0.1) is 0 Å². The number of hydrogen-bond acceptors (Lipinski definition) is 4. The molecule has 1 aromatic rings. The molecule has 6 nitrogen and oxygen atoms in total. The highest BCUT2D eigenvalue weighted by atomic mass is 32.2. The smallest absolute Gasteiger partial charge is 0.244 e. The Hall–Kier alpha value is -0.920. The molecule has 2 N–H and O–H groups in total. The highest BCUT2D eigenvalue weighted by Crippen LogP contribution is 2.12. The average Bonchev–Trinajstić information content (AvgIpc) is 2.57. The van der Waals surface area contributed by atoms with Crippen molar-refractivity contribution < 1.29 is 8.42 Å². The third-order valence-corrected chi connectivity index (χ3v) is 4.08. The van der Waals surface area contributed by atoms with Crippen LogP contribution < -0.4 is 10.0 Å². The molecule has 0 saturated heterocycles. The van der Waals surface area contributed by atoms with Crippen LogP contribution in [-0.2, 0) is 17.1 Å². The Morgan fingerprint density at radius 1 is 1.56 bits per heavy atom. The molecule has 0 aliphatic rings. The van der Waals surface area contributed by atoms with Gasteiger partial charge >= 0.3 is 0 Å². The van der Waals surface area contributed by atoms with E-state index in [-0.39, 0.29) is 10.9 Å². The average molecular weight is 246 g/mol. The largest absolute Gasteiger partial charge is 0.316 e. The maximum absolute atomic E-state index is 11.9. The van der Waals surface area contributed by atoms with Crippen molar-refractivity contribution in [3.05, 3.63) is 11.9 Å². The molecule has 0 bridgehead atoms. The Bertz CT molecular complexity index is 452. The van der Waals surface area contributed by atoms with E-state index in [0.717, 1.165) is 0 Å². The quantitative estimate of drug-likeness (QED) is 0.742. The number of hydrogen-bond donors (Lipinski definition) is 2. The van der Waals surface area contributed by atoms with Crippen LogP contribution in [0.2, 0.25) is 0 Å². The summed E-state index contributed by atoms with van der Waals surface area (Å²) in [6.45, 7) is 3.98. The van der Waals surface area contributed by atoms with Crippen molar-refractivity contribution in [1.29, 1.82) is 0 Å². The molecular formula is C9H18N4O2S. The summed E-state index contributed by atoms with van der Waals surface area (Å²) in [5.74, 6) is 0. The summed E-state index contributed by atoms with van der Waals surface area (Å²) in [6, 6.07) is 0.0896.